The Morgan fingerprint density at radius 1 is 0.963 bits per heavy atom. The molecule has 5 nitrogen and oxygen atoms in total. The van der Waals surface area contributed by atoms with E-state index in [9.17, 15) is 9.59 Å². The average molecular weight is 364 g/mol. The third kappa shape index (κ3) is 4.37. The number of carbonyl (C=O) groups is 1. The third-order valence-electron chi connectivity index (χ3n) is 4.86. The summed E-state index contributed by atoms with van der Waals surface area (Å²) in [5.74, 6) is 0.385. The number of pyridine rings is 1. The van der Waals surface area contributed by atoms with Crippen LogP contribution in [0.5, 0.6) is 5.75 Å². The number of rotatable bonds is 5. The highest BCUT2D eigenvalue weighted by atomic mass is 16.5. The van der Waals surface area contributed by atoms with E-state index in [1.807, 2.05) is 64.1 Å². The van der Waals surface area contributed by atoms with E-state index in [-0.39, 0.29) is 24.6 Å². The fraction of sp³-hybridized carbons (Fsp3) is 0.273. The molecule has 0 aliphatic heterocycles. The van der Waals surface area contributed by atoms with Gasteiger partial charge in [-0.15, -0.1) is 0 Å². The quantitative estimate of drug-likeness (QED) is 0.728. The molecule has 0 saturated heterocycles. The van der Waals surface area contributed by atoms with E-state index in [0.29, 0.717) is 11.3 Å². The first-order chi connectivity index (χ1) is 12.8. The van der Waals surface area contributed by atoms with Crippen LogP contribution < -0.4 is 15.6 Å². The van der Waals surface area contributed by atoms with E-state index in [1.165, 1.54) is 5.56 Å². The number of aryl methyl sites for hydroxylation is 4. The van der Waals surface area contributed by atoms with Crippen LogP contribution in [0.25, 0.3) is 10.9 Å². The first-order valence-corrected chi connectivity index (χ1v) is 8.93. The average Bonchev–Trinajstić information content (AvgIpc) is 2.62. The number of H-pyrrole nitrogens is 1. The van der Waals surface area contributed by atoms with Crippen molar-refractivity contribution in [2.24, 2.45) is 0 Å². The number of carbonyl (C=O) groups excluding carboxylic acids is 1. The lowest BCUT2D eigenvalue weighted by atomic mass is 10.1. The highest BCUT2D eigenvalue weighted by Crippen LogP contribution is 2.18. The molecule has 0 aliphatic rings. The van der Waals surface area contributed by atoms with Crippen LogP contribution in [-0.2, 0) is 11.3 Å². The van der Waals surface area contributed by atoms with Crippen molar-refractivity contribution in [2.75, 3.05) is 6.61 Å². The van der Waals surface area contributed by atoms with E-state index in [0.717, 1.165) is 27.6 Å². The molecule has 0 fully saturated rings. The van der Waals surface area contributed by atoms with Gasteiger partial charge in [0.2, 0.25) is 0 Å². The van der Waals surface area contributed by atoms with Gasteiger partial charge in [-0.05, 0) is 85.7 Å². The van der Waals surface area contributed by atoms with Crippen LogP contribution in [0, 0.1) is 27.7 Å². The first kappa shape index (κ1) is 18.7. The molecule has 0 saturated carbocycles. The number of hydrogen-bond donors (Lipinski definition) is 2. The summed E-state index contributed by atoms with van der Waals surface area (Å²) in [6.45, 7) is 8.13. The number of aromatic amines is 1. The number of nitrogens with one attached hydrogen (secondary N) is 2. The molecule has 27 heavy (non-hydrogen) atoms. The monoisotopic (exact) mass is 364 g/mol. The normalized spacial score (nSPS) is 10.8. The zero-order valence-corrected chi connectivity index (χ0v) is 16.1. The molecule has 2 N–H and O–H groups in total. The van der Waals surface area contributed by atoms with Crippen molar-refractivity contribution in [1.82, 2.24) is 10.3 Å². The summed E-state index contributed by atoms with van der Waals surface area (Å²) >= 11 is 0. The number of amides is 1. The molecular formula is C22H24N2O3. The summed E-state index contributed by atoms with van der Waals surface area (Å²) in [5.41, 5.74) is 5.70. The first-order valence-electron chi connectivity index (χ1n) is 8.93. The summed E-state index contributed by atoms with van der Waals surface area (Å²) < 4.78 is 5.52. The molecule has 5 heteroatoms. The topological polar surface area (TPSA) is 71.2 Å². The fourth-order valence-electron chi connectivity index (χ4n) is 2.85. The minimum Gasteiger partial charge on any atom is -0.484 e. The molecule has 1 aromatic heterocycles. The number of fused-ring (bicyclic) bond motifs is 1. The maximum absolute atomic E-state index is 12.3. The smallest absolute Gasteiger partial charge is 0.258 e. The van der Waals surface area contributed by atoms with Crippen molar-refractivity contribution in [3.8, 4) is 5.75 Å². The number of hydrogen-bond acceptors (Lipinski definition) is 3. The van der Waals surface area contributed by atoms with Crippen LogP contribution in [0.1, 0.15) is 27.8 Å². The van der Waals surface area contributed by atoms with Crippen LogP contribution in [0.3, 0.4) is 0 Å². The molecule has 3 rings (SSSR count). The molecule has 0 bridgehead atoms. The summed E-state index contributed by atoms with van der Waals surface area (Å²) in [6, 6.07) is 11.5. The van der Waals surface area contributed by atoms with Gasteiger partial charge in [-0.3, -0.25) is 9.59 Å². The lowest BCUT2D eigenvalue weighted by Gasteiger charge is -2.10. The standard InChI is InChI=1S/C22H24N2O3/c1-13-5-6-19(8-15(13)3)27-12-21(25)23-11-18-10-17-7-14(2)16(4)9-20(17)24-22(18)26/h5-10H,11-12H2,1-4H3,(H,23,25)(H,24,26). The molecule has 140 valence electrons. The molecule has 0 unspecified atom stereocenters. The second kappa shape index (κ2) is 7.66. The zero-order chi connectivity index (χ0) is 19.6. The molecule has 1 amide bonds. The Morgan fingerprint density at radius 3 is 2.41 bits per heavy atom. The Labute approximate surface area is 158 Å². The van der Waals surface area contributed by atoms with Crippen molar-refractivity contribution >= 4 is 16.8 Å². The van der Waals surface area contributed by atoms with Gasteiger partial charge >= 0.3 is 0 Å². The van der Waals surface area contributed by atoms with Crippen LogP contribution in [0.15, 0.2) is 41.2 Å². The lowest BCUT2D eigenvalue weighted by Crippen LogP contribution is -2.30. The largest absolute Gasteiger partial charge is 0.484 e. The zero-order valence-electron chi connectivity index (χ0n) is 16.1. The van der Waals surface area contributed by atoms with Gasteiger partial charge in [-0.25, -0.2) is 0 Å². The van der Waals surface area contributed by atoms with E-state index >= 15 is 0 Å². The van der Waals surface area contributed by atoms with Gasteiger partial charge in [-0.1, -0.05) is 6.07 Å². The van der Waals surface area contributed by atoms with Crippen molar-refractivity contribution in [2.45, 2.75) is 34.2 Å². The Hall–Kier alpha value is -3.08. The van der Waals surface area contributed by atoms with Gasteiger partial charge in [0.05, 0.1) is 0 Å². The highest BCUT2D eigenvalue weighted by molar-refractivity contribution is 5.81. The molecule has 0 aliphatic carbocycles. The molecular weight excluding hydrogens is 340 g/mol. The number of aromatic nitrogens is 1. The van der Waals surface area contributed by atoms with Crippen molar-refractivity contribution < 1.29 is 9.53 Å². The van der Waals surface area contributed by atoms with Crippen LogP contribution in [-0.4, -0.2) is 17.5 Å². The Balaban J connectivity index is 1.64. The molecule has 0 radical (unpaired) electrons. The second-order valence-electron chi connectivity index (χ2n) is 6.96. The van der Waals surface area contributed by atoms with Gasteiger partial charge in [0.15, 0.2) is 6.61 Å². The molecule has 3 aromatic rings. The van der Waals surface area contributed by atoms with Gasteiger partial charge < -0.3 is 15.0 Å². The predicted octanol–water partition coefficient (Wildman–Crippen LogP) is 3.46. The summed E-state index contributed by atoms with van der Waals surface area (Å²) in [4.78, 5) is 27.2. The molecule has 1 heterocycles. The van der Waals surface area contributed by atoms with Gasteiger partial charge in [-0.2, -0.15) is 0 Å². The molecule has 0 atom stereocenters. The van der Waals surface area contributed by atoms with Crippen LogP contribution in [0.2, 0.25) is 0 Å². The number of benzene rings is 2. The van der Waals surface area contributed by atoms with Gasteiger partial charge in [0.25, 0.3) is 11.5 Å². The number of ether oxygens (including phenoxy) is 1. The van der Waals surface area contributed by atoms with E-state index in [2.05, 4.69) is 10.3 Å². The van der Waals surface area contributed by atoms with Crippen LogP contribution >= 0.6 is 0 Å². The van der Waals surface area contributed by atoms with Crippen LogP contribution in [0.4, 0.5) is 0 Å². The molecule has 0 spiro atoms. The Morgan fingerprint density at radius 2 is 1.67 bits per heavy atom. The fourth-order valence-corrected chi connectivity index (χ4v) is 2.85. The minimum absolute atomic E-state index is 0.0910. The second-order valence-corrected chi connectivity index (χ2v) is 6.96. The maximum atomic E-state index is 12.3. The SMILES string of the molecule is Cc1ccc(OCC(=O)NCc2cc3cc(C)c(C)cc3[nH]c2=O)cc1C. The lowest BCUT2D eigenvalue weighted by molar-refractivity contribution is -0.123. The Bertz CT molecular complexity index is 1070. The highest BCUT2D eigenvalue weighted by Gasteiger charge is 2.08. The molecule has 2 aromatic carbocycles. The summed E-state index contributed by atoms with van der Waals surface area (Å²) in [6.07, 6.45) is 0. The van der Waals surface area contributed by atoms with Crippen molar-refractivity contribution in [3.63, 3.8) is 0 Å². The van der Waals surface area contributed by atoms with E-state index in [4.69, 9.17) is 4.74 Å². The van der Waals surface area contributed by atoms with Gasteiger partial charge in [0, 0.05) is 17.6 Å². The predicted molar refractivity (Wildman–Crippen MR) is 107 cm³/mol. The Kier molecular flexibility index (Phi) is 5.31. The summed E-state index contributed by atoms with van der Waals surface area (Å²) in [5, 5.41) is 3.69. The van der Waals surface area contributed by atoms with E-state index < -0.39 is 0 Å². The van der Waals surface area contributed by atoms with Gasteiger partial charge in [0.1, 0.15) is 5.75 Å². The maximum Gasteiger partial charge on any atom is 0.258 e. The van der Waals surface area contributed by atoms with Crippen molar-refractivity contribution in [3.05, 3.63) is 74.6 Å². The van der Waals surface area contributed by atoms with E-state index in [1.54, 1.807) is 0 Å². The summed E-state index contributed by atoms with van der Waals surface area (Å²) in [7, 11) is 0. The minimum atomic E-state index is -0.271. The van der Waals surface area contributed by atoms with Crippen molar-refractivity contribution in [1.29, 1.82) is 0 Å². The third-order valence-corrected chi connectivity index (χ3v) is 4.86.